The van der Waals surface area contributed by atoms with Gasteiger partial charge >= 0.3 is 0 Å². The summed E-state index contributed by atoms with van der Waals surface area (Å²) in [7, 11) is 1.65. The number of carbonyl (C=O) groups is 1. The zero-order valence-electron chi connectivity index (χ0n) is 18.3. The number of para-hydroxylation sites is 1. The van der Waals surface area contributed by atoms with Gasteiger partial charge in [-0.05, 0) is 45.4 Å². The van der Waals surface area contributed by atoms with E-state index in [1.807, 2.05) is 63.2 Å². The normalized spacial score (nSPS) is 11.2. The lowest BCUT2D eigenvalue weighted by molar-refractivity contribution is 0.0920. The molecule has 0 atom stereocenters. The maximum atomic E-state index is 13.1. The lowest BCUT2D eigenvalue weighted by atomic mass is 10.0. The first-order valence-electron chi connectivity index (χ1n) is 10.2. The first-order valence-corrected chi connectivity index (χ1v) is 10.2. The Morgan fingerprint density at radius 2 is 1.87 bits per heavy atom. The highest BCUT2D eigenvalue weighted by Gasteiger charge is 2.21. The summed E-state index contributed by atoms with van der Waals surface area (Å²) in [5.41, 5.74) is 3.37. The molecule has 0 unspecified atom stereocenters. The van der Waals surface area contributed by atoms with Crippen LogP contribution in [0.25, 0.3) is 10.9 Å². The number of ether oxygens (including phenoxy) is 1. The first kappa shape index (κ1) is 21.4. The van der Waals surface area contributed by atoms with Gasteiger partial charge in [0.15, 0.2) is 0 Å². The van der Waals surface area contributed by atoms with Crippen LogP contribution < -0.4 is 20.7 Å². The molecule has 0 radical (unpaired) electrons. The maximum Gasteiger partial charge on any atom is 0.255 e. The summed E-state index contributed by atoms with van der Waals surface area (Å²) < 4.78 is 5.55. The Balaban J connectivity index is 2.19. The monoisotopic (exact) mass is 406 g/mol. The third-order valence-electron chi connectivity index (χ3n) is 4.53. The number of rotatable bonds is 7. The number of carbonyl (C=O) groups excluding carboxylic acids is 1. The molecule has 0 saturated heterocycles. The molecule has 3 N–H and O–H groups in total. The van der Waals surface area contributed by atoms with Crippen LogP contribution in [0.1, 0.15) is 44.5 Å². The summed E-state index contributed by atoms with van der Waals surface area (Å²) in [5.74, 6) is 0.551. The smallest absolute Gasteiger partial charge is 0.255 e. The molecular weight excluding hydrogens is 376 g/mol. The molecule has 158 valence electrons. The average Bonchev–Trinajstić information content (AvgIpc) is 2.71. The summed E-state index contributed by atoms with van der Waals surface area (Å²) in [4.78, 5) is 17.6. The molecule has 0 fully saturated rings. The van der Waals surface area contributed by atoms with Crippen LogP contribution in [-0.2, 0) is 0 Å². The van der Waals surface area contributed by atoms with Crippen LogP contribution >= 0.6 is 0 Å². The number of hydrogen-bond donors (Lipinski definition) is 3. The van der Waals surface area contributed by atoms with Crippen LogP contribution in [0.3, 0.4) is 0 Å². The largest absolute Gasteiger partial charge is 0.495 e. The minimum atomic E-state index is -0.357. The van der Waals surface area contributed by atoms with Gasteiger partial charge in [-0.1, -0.05) is 25.1 Å². The fraction of sp³-hybridized carbons (Fsp3) is 0.333. The van der Waals surface area contributed by atoms with E-state index in [1.54, 1.807) is 13.3 Å². The number of hydrogen-bond acceptors (Lipinski definition) is 5. The van der Waals surface area contributed by atoms with Crippen LogP contribution in [0.15, 0.2) is 48.7 Å². The highest BCUT2D eigenvalue weighted by molar-refractivity contribution is 6.09. The molecule has 3 aromatic rings. The highest BCUT2D eigenvalue weighted by atomic mass is 16.5. The number of aromatic nitrogens is 1. The fourth-order valence-electron chi connectivity index (χ4n) is 3.17. The van der Waals surface area contributed by atoms with Gasteiger partial charge < -0.3 is 20.7 Å². The summed E-state index contributed by atoms with van der Waals surface area (Å²) in [5, 5.41) is 10.7. The van der Waals surface area contributed by atoms with Crippen molar-refractivity contribution in [2.75, 3.05) is 24.3 Å². The number of anilines is 3. The molecule has 3 rings (SSSR count). The van der Waals surface area contributed by atoms with Crippen LogP contribution in [0.5, 0.6) is 5.75 Å². The van der Waals surface area contributed by atoms with E-state index in [9.17, 15) is 4.79 Å². The van der Waals surface area contributed by atoms with Gasteiger partial charge in [-0.2, -0.15) is 0 Å². The predicted octanol–water partition coefficient (Wildman–Crippen LogP) is 5.34. The van der Waals surface area contributed by atoms with Crippen molar-refractivity contribution in [3.05, 3.63) is 54.2 Å². The maximum absolute atomic E-state index is 13.1. The second-order valence-corrected chi connectivity index (χ2v) is 8.24. The van der Waals surface area contributed by atoms with Crippen molar-refractivity contribution in [1.29, 1.82) is 0 Å². The lowest BCUT2D eigenvalue weighted by Crippen LogP contribution is -2.40. The minimum absolute atomic E-state index is 0.172. The molecule has 2 aromatic carbocycles. The van der Waals surface area contributed by atoms with Crippen LogP contribution in [0.4, 0.5) is 17.1 Å². The second-order valence-electron chi connectivity index (χ2n) is 8.24. The molecule has 0 bridgehead atoms. The van der Waals surface area contributed by atoms with Crippen molar-refractivity contribution in [3.63, 3.8) is 0 Å². The molecule has 0 aliphatic rings. The van der Waals surface area contributed by atoms with Crippen molar-refractivity contribution in [1.82, 2.24) is 10.3 Å². The Kier molecular flexibility index (Phi) is 6.45. The Hall–Kier alpha value is -3.28. The van der Waals surface area contributed by atoms with E-state index < -0.39 is 0 Å². The van der Waals surface area contributed by atoms with E-state index in [0.29, 0.717) is 5.56 Å². The zero-order valence-corrected chi connectivity index (χ0v) is 18.3. The number of nitrogens with zero attached hydrogens (tertiary/aromatic N) is 1. The molecule has 0 saturated carbocycles. The van der Waals surface area contributed by atoms with Crippen molar-refractivity contribution >= 4 is 33.9 Å². The number of methoxy groups -OCH3 is 1. The molecular formula is C24H30N4O2. The topological polar surface area (TPSA) is 75.3 Å². The van der Waals surface area contributed by atoms with Gasteiger partial charge in [0.05, 0.1) is 29.6 Å². The molecule has 1 amide bonds. The van der Waals surface area contributed by atoms with E-state index in [0.717, 1.165) is 46.7 Å². The van der Waals surface area contributed by atoms with Crippen molar-refractivity contribution in [2.45, 2.75) is 39.7 Å². The second kappa shape index (κ2) is 9.03. The molecule has 0 aliphatic carbocycles. The number of fused-ring (bicyclic) bond motifs is 1. The minimum Gasteiger partial charge on any atom is -0.495 e. The van der Waals surface area contributed by atoms with Gasteiger partial charge in [0.25, 0.3) is 5.91 Å². The number of pyridine rings is 1. The van der Waals surface area contributed by atoms with Crippen LogP contribution in [0.2, 0.25) is 0 Å². The molecule has 30 heavy (non-hydrogen) atoms. The van der Waals surface area contributed by atoms with Crippen molar-refractivity contribution in [3.8, 4) is 5.75 Å². The molecule has 1 aromatic heterocycles. The molecule has 6 heteroatoms. The standard InChI is InChI=1S/C24H30N4O2/c1-6-12-25-20-13-17-19(14-21(20)30-5)26-15-18(23(29)28-24(2,3)4)22(17)27-16-10-8-7-9-11-16/h7-11,13-15,25H,6,12H2,1-5H3,(H,26,27)(H,28,29). The van der Waals surface area contributed by atoms with Crippen LogP contribution in [0, 0.1) is 0 Å². The summed E-state index contributed by atoms with van der Waals surface area (Å²) in [6.45, 7) is 8.81. The number of benzene rings is 2. The molecule has 6 nitrogen and oxygen atoms in total. The van der Waals surface area contributed by atoms with E-state index in [2.05, 4.69) is 27.9 Å². The number of nitrogens with one attached hydrogen (secondary N) is 3. The first-order chi connectivity index (χ1) is 14.3. The van der Waals surface area contributed by atoms with Crippen molar-refractivity contribution < 1.29 is 9.53 Å². The average molecular weight is 407 g/mol. The summed E-state index contributed by atoms with van der Waals surface area (Å²) >= 11 is 0. The lowest BCUT2D eigenvalue weighted by Gasteiger charge is -2.22. The fourth-order valence-corrected chi connectivity index (χ4v) is 3.17. The van der Waals surface area contributed by atoms with Gasteiger partial charge in [0.2, 0.25) is 0 Å². The van der Waals surface area contributed by atoms with Gasteiger partial charge in [-0.15, -0.1) is 0 Å². The Bertz CT molecular complexity index is 1030. The Morgan fingerprint density at radius 1 is 1.13 bits per heavy atom. The van der Waals surface area contributed by atoms with Gasteiger partial charge in [-0.3, -0.25) is 9.78 Å². The summed E-state index contributed by atoms with van der Waals surface area (Å²) in [6, 6.07) is 13.7. The highest BCUT2D eigenvalue weighted by Crippen LogP contribution is 2.36. The molecule has 0 spiro atoms. The third-order valence-corrected chi connectivity index (χ3v) is 4.53. The zero-order chi connectivity index (χ0) is 21.7. The third kappa shape index (κ3) is 5.00. The van der Waals surface area contributed by atoms with Gasteiger partial charge in [0.1, 0.15) is 5.75 Å². The van der Waals surface area contributed by atoms with E-state index >= 15 is 0 Å². The Morgan fingerprint density at radius 3 is 2.50 bits per heavy atom. The number of amides is 1. The van der Waals surface area contributed by atoms with Gasteiger partial charge in [-0.25, -0.2) is 0 Å². The predicted molar refractivity (Wildman–Crippen MR) is 124 cm³/mol. The SMILES string of the molecule is CCCNc1cc2c(Nc3ccccc3)c(C(=O)NC(C)(C)C)cnc2cc1OC. The molecule has 1 heterocycles. The van der Waals surface area contributed by atoms with Crippen LogP contribution in [-0.4, -0.2) is 30.1 Å². The van der Waals surface area contributed by atoms with E-state index in [1.165, 1.54) is 0 Å². The van der Waals surface area contributed by atoms with Crippen molar-refractivity contribution in [2.24, 2.45) is 0 Å². The summed E-state index contributed by atoms with van der Waals surface area (Å²) in [6.07, 6.45) is 2.61. The van der Waals surface area contributed by atoms with Gasteiger partial charge in [0, 0.05) is 35.4 Å². The molecule has 0 aliphatic heterocycles. The van der Waals surface area contributed by atoms with E-state index in [4.69, 9.17) is 4.74 Å². The Labute approximate surface area is 178 Å². The quantitative estimate of drug-likeness (QED) is 0.494. The van der Waals surface area contributed by atoms with E-state index in [-0.39, 0.29) is 11.4 Å².